The summed E-state index contributed by atoms with van der Waals surface area (Å²) in [7, 11) is 3.37. The molecule has 1 amide bonds. The second kappa shape index (κ2) is 7.57. The maximum atomic E-state index is 12.9. The molecule has 1 aliphatic carbocycles. The molecule has 2 aromatic rings. The number of nitrogens with zero attached hydrogens (tertiary/aromatic N) is 1. The topological polar surface area (TPSA) is 59.0 Å². The number of benzene rings is 2. The maximum Gasteiger partial charge on any atom is 0.253 e. The van der Waals surface area contributed by atoms with Crippen LogP contribution in [0.1, 0.15) is 29.6 Å². The van der Waals surface area contributed by atoms with Gasteiger partial charge < -0.3 is 19.5 Å². The lowest BCUT2D eigenvalue weighted by molar-refractivity contribution is -0.199. The highest BCUT2D eigenvalue weighted by molar-refractivity contribution is 5.95. The summed E-state index contributed by atoms with van der Waals surface area (Å²) in [5, 5.41) is 10.3. The van der Waals surface area contributed by atoms with E-state index in [0.717, 1.165) is 29.7 Å². The Morgan fingerprint density at radius 2 is 1.75 bits per heavy atom. The number of piperidine rings is 1. The molecule has 1 heterocycles. The number of rotatable bonds is 4. The van der Waals surface area contributed by atoms with Crippen LogP contribution in [-0.4, -0.2) is 55.4 Å². The Balaban J connectivity index is 1.45. The smallest absolute Gasteiger partial charge is 0.253 e. The van der Waals surface area contributed by atoms with Crippen LogP contribution in [0.15, 0.2) is 48.5 Å². The Morgan fingerprint density at radius 3 is 2.36 bits per heavy atom. The number of ether oxygens (including phenoxy) is 2. The average Bonchev–Trinajstić information content (AvgIpc) is 2.77. The van der Waals surface area contributed by atoms with Crippen LogP contribution in [0.4, 0.5) is 0 Å². The van der Waals surface area contributed by atoms with Crippen molar-refractivity contribution < 1.29 is 19.4 Å². The van der Waals surface area contributed by atoms with Crippen LogP contribution < -0.4 is 4.74 Å². The summed E-state index contributed by atoms with van der Waals surface area (Å²) < 4.78 is 11.0. The first-order valence-corrected chi connectivity index (χ1v) is 9.82. The van der Waals surface area contributed by atoms with Gasteiger partial charge in [0.1, 0.15) is 5.75 Å². The first-order chi connectivity index (χ1) is 13.6. The Morgan fingerprint density at radius 1 is 1.07 bits per heavy atom. The molecule has 1 spiro atoms. The van der Waals surface area contributed by atoms with Crippen LogP contribution in [0, 0.1) is 5.41 Å². The first-order valence-electron chi connectivity index (χ1n) is 9.82. The fourth-order valence-corrected chi connectivity index (χ4v) is 4.70. The van der Waals surface area contributed by atoms with Crippen molar-refractivity contribution in [3.05, 3.63) is 54.1 Å². The van der Waals surface area contributed by atoms with Crippen molar-refractivity contribution in [2.24, 2.45) is 5.41 Å². The van der Waals surface area contributed by atoms with Crippen molar-refractivity contribution in [3.63, 3.8) is 0 Å². The summed E-state index contributed by atoms with van der Waals surface area (Å²) in [6, 6.07) is 15.5. The van der Waals surface area contributed by atoms with Crippen LogP contribution in [0.5, 0.6) is 5.75 Å². The van der Waals surface area contributed by atoms with Crippen molar-refractivity contribution in [1.29, 1.82) is 0 Å². The third kappa shape index (κ3) is 3.09. The van der Waals surface area contributed by atoms with Gasteiger partial charge in [0.25, 0.3) is 5.91 Å². The van der Waals surface area contributed by atoms with Gasteiger partial charge in [0.15, 0.2) is 0 Å². The fourth-order valence-electron chi connectivity index (χ4n) is 4.70. The van der Waals surface area contributed by atoms with E-state index in [0.29, 0.717) is 25.1 Å². The number of carbonyl (C=O) groups excluding carboxylic acids is 1. The number of methoxy groups -OCH3 is 2. The maximum absolute atomic E-state index is 12.9. The summed E-state index contributed by atoms with van der Waals surface area (Å²) >= 11 is 0. The van der Waals surface area contributed by atoms with Crippen molar-refractivity contribution >= 4 is 5.91 Å². The molecule has 0 bridgehead atoms. The molecule has 2 atom stereocenters. The van der Waals surface area contributed by atoms with E-state index in [1.807, 2.05) is 53.4 Å². The first kappa shape index (κ1) is 19.0. The minimum Gasteiger partial charge on any atom is -0.496 e. The molecule has 1 N–H and O–H groups in total. The number of para-hydroxylation sites is 1. The molecule has 2 fully saturated rings. The minimum absolute atomic E-state index is 0.0456. The number of likely N-dealkylation sites (tertiary alicyclic amines) is 1. The van der Waals surface area contributed by atoms with Gasteiger partial charge in [-0.2, -0.15) is 0 Å². The lowest BCUT2D eigenvalue weighted by atomic mass is 9.58. The third-order valence-corrected chi connectivity index (χ3v) is 6.56. The van der Waals surface area contributed by atoms with Gasteiger partial charge >= 0.3 is 0 Å². The zero-order valence-electron chi connectivity index (χ0n) is 16.4. The Labute approximate surface area is 165 Å². The molecule has 0 unspecified atom stereocenters. The number of carbonyl (C=O) groups is 1. The summed E-state index contributed by atoms with van der Waals surface area (Å²) in [6.45, 7) is 1.31. The molecule has 148 valence electrons. The van der Waals surface area contributed by atoms with Gasteiger partial charge in [-0.3, -0.25) is 4.79 Å². The molecule has 5 nitrogen and oxygen atoms in total. The lowest BCUT2D eigenvalue weighted by Crippen LogP contribution is -2.62. The average molecular weight is 381 g/mol. The van der Waals surface area contributed by atoms with Crippen LogP contribution in [0.3, 0.4) is 0 Å². The van der Waals surface area contributed by atoms with Gasteiger partial charge in [-0.15, -0.1) is 0 Å². The van der Waals surface area contributed by atoms with Crippen LogP contribution in [0.2, 0.25) is 0 Å². The number of hydrogen-bond donors (Lipinski definition) is 1. The van der Waals surface area contributed by atoms with E-state index in [9.17, 15) is 9.90 Å². The predicted molar refractivity (Wildman–Crippen MR) is 107 cm³/mol. The third-order valence-electron chi connectivity index (χ3n) is 6.56. The molecule has 1 aliphatic heterocycles. The SMILES string of the molecule is COc1ccccc1-c1ccc(C(=O)N2CCC3(CC2)[C@@H](O)C[C@H]3OC)cc1. The highest BCUT2D eigenvalue weighted by atomic mass is 16.5. The molecule has 2 aromatic carbocycles. The normalized spacial score (nSPS) is 23.3. The summed E-state index contributed by atoms with van der Waals surface area (Å²) in [5.41, 5.74) is 2.55. The molecule has 0 radical (unpaired) electrons. The summed E-state index contributed by atoms with van der Waals surface area (Å²) in [5.74, 6) is 0.860. The molecule has 1 saturated heterocycles. The van der Waals surface area contributed by atoms with Gasteiger partial charge in [0.05, 0.1) is 19.3 Å². The van der Waals surface area contributed by atoms with Crippen molar-refractivity contribution in [1.82, 2.24) is 4.90 Å². The molecular weight excluding hydrogens is 354 g/mol. The van der Waals surface area contributed by atoms with E-state index in [2.05, 4.69) is 0 Å². The monoisotopic (exact) mass is 381 g/mol. The Bertz CT molecular complexity index is 840. The Hall–Kier alpha value is -2.37. The predicted octanol–water partition coefficient (Wildman–Crippen LogP) is 3.36. The zero-order valence-corrected chi connectivity index (χ0v) is 16.4. The fraction of sp³-hybridized carbons (Fsp3) is 0.435. The molecule has 5 heteroatoms. The molecular formula is C23H27NO4. The summed E-state index contributed by atoms with van der Waals surface area (Å²) in [4.78, 5) is 14.8. The second-order valence-corrected chi connectivity index (χ2v) is 7.78. The van der Waals surface area contributed by atoms with E-state index >= 15 is 0 Å². The summed E-state index contributed by atoms with van der Waals surface area (Å²) in [6.07, 6.45) is 2.08. The zero-order chi connectivity index (χ0) is 19.7. The van der Waals surface area contributed by atoms with E-state index in [1.54, 1.807) is 14.2 Å². The molecule has 0 aromatic heterocycles. The van der Waals surface area contributed by atoms with Crippen molar-refractivity contribution in [2.45, 2.75) is 31.5 Å². The molecule has 2 aliphatic rings. The highest BCUT2D eigenvalue weighted by Gasteiger charge is 2.56. The second-order valence-electron chi connectivity index (χ2n) is 7.78. The number of aliphatic hydroxyl groups excluding tert-OH is 1. The molecule has 1 saturated carbocycles. The van der Waals surface area contributed by atoms with Crippen molar-refractivity contribution in [3.8, 4) is 16.9 Å². The van der Waals surface area contributed by atoms with Gasteiger partial charge in [0, 0.05) is 43.2 Å². The van der Waals surface area contributed by atoms with Crippen LogP contribution in [-0.2, 0) is 4.74 Å². The van der Waals surface area contributed by atoms with Gasteiger partial charge in [0.2, 0.25) is 0 Å². The van der Waals surface area contributed by atoms with E-state index in [1.165, 1.54) is 0 Å². The van der Waals surface area contributed by atoms with Crippen molar-refractivity contribution in [2.75, 3.05) is 27.3 Å². The van der Waals surface area contributed by atoms with Gasteiger partial charge in [-0.1, -0.05) is 30.3 Å². The van der Waals surface area contributed by atoms with Gasteiger partial charge in [-0.05, 0) is 36.6 Å². The Kier molecular flexibility index (Phi) is 5.13. The van der Waals surface area contributed by atoms with Gasteiger partial charge in [-0.25, -0.2) is 0 Å². The van der Waals surface area contributed by atoms with E-state index < -0.39 is 0 Å². The standard InChI is InChI=1S/C23H27NO4/c1-27-19-6-4-3-5-18(19)16-7-9-17(10-8-16)22(26)24-13-11-23(12-14-24)20(25)15-21(23)28-2/h3-10,20-21,25H,11-15H2,1-2H3/t20-,21+/m0/s1. The number of aliphatic hydroxyl groups is 1. The largest absolute Gasteiger partial charge is 0.496 e. The lowest BCUT2D eigenvalue weighted by Gasteiger charge is -2.56. The number of amides is 1. The molecule has 4 rings (SSSR count). The molecule has 28 heavy (non-hydrogen) atoms. The highest BCUT2D eigenvalue weighted by Crippen LogP contribution is 2.50. The van der Waals surface area contributed by atoms with Crippen LogP contribution >= 0.6 is 0 Å². The quantitative estimate of drug-likeness (QED) is 0.882. The minimum atomic E-state index is -0.310. The van der Waals surface area contributed by atoms with E-state index in [4.69, 9.17) is 9.47 Å². The number of hydrogen-bond acceptors (Lipinski definition) is 4. The van der Waals surface area contributed by atoms with E-state index in [-0.39, 0.29) is 23.5 Å². The van der Waals surface area contributed by atoms with Crippen LogP contribution in [0.25, 0.3) is 11.1 Å².